The molecule has 0 radical (unpaired) electrons. The quantitative estimate of drug-likeness (QED) is 0.891. The molecule has 0 spiro atoms. The van der Waals surface area contributed by atoms with Gasteiger partial charge < -0.3 is 5.73 Å². The SMILES string of the molecule is CCC(N)C(c1ccccc1Br)N1CCS(=O)(=O)CC1. The lowest BCUT2D eigenvalue weighted by molar-refractivity contribution is 0.182. The molecule has 2 unspecified atom stereocenters. The van der Waals surface area contributed by atoms with E-state index in [4.69, 9.17) is 5.73 Å². The van der Waals surface area contributed by atoms with E-state index in [1.54, 1.807) is 0 Å². The van der Waals surface area contributed by atoms with E-state index in [1.807, 2.05) is 18.2 Å². The van der Waals surface area contributed by atoms with Gasteiger partial charge in [-0.3, -0.25) is 4.90 Å². The summed E-state index contributed by atoms with van der Waals surface area (Å²) in [4.78, 5) is 2.20. The average Bonchev–Trinajstić information content (AvgIpc) is 2.42. The molecular formula is C14H21BrN2O2S. The number of hydrogen-bond acceptors (Lipinski definition) is 4. The first-order chi connectivity index (χ1) is 9.44. The zero-order chi connectivity index (χ0) is 14.8. The van der Waals surface area contributed by atoms with Crippen LogP contribution in [0.2, 0.25) is 0 Å². The van der Waals surface area contributed by atoms with Gasteiger partial charge in [-0.05, 0) is 18.1 Å². The van der Waals surface area contributed by atoms with E-state index in [1.165, 1.54) is 0 Å². The second-order valence-corrected chi connectivity index (χ2v) is 8.38. The molecule has 1 aromatic rings. The molecule has 1 saturated heterocycles. The van der Waals surface area contributed by atoms with E-state index in [9.17, 15) is 8.42 Å². The normalized spacial score (nSPS) is 22.4. The van der Waals surface area contributed by atoms with Crippen LogP contribution < -0.4 is 5.73 Å². The molecule has 2 N–H and O–H groups in total. The Kier molecular flexibility index (Phi) is 5.23. The highest BCUT2D eigenvalue weighted by Crippen LogP contribution is 2.31. The Hall–Kier alpha value is -0.430. The highest BCUT2D eigenvalue weighted by atomic mass is 79.9. The van der Waals surface area contributed by atoms with Gasteiger partial charge in [-0.25, -0.2) is 8.42 Å². The molecule has 6 heteroatoms. The van der Waals surface area contributed by atoms with Crippen LogP contribution in [0.1, 0.15) is 24.9 Å². The molecule has 20 heavy (non-hydrogen) atoms. The van der Waals surface area contributed by atoms with E-state index < -0.39 is 9.84 Å². The molecule has 0 aromatic heterocycles. The summed E-state index contributed by atoms with van der Waals surface area (Å²) in [6, 6.07) is 8.10. The Labute approximate surface area is 129 Å². The Bertz CT molecular complexity index is 548. The van der Waals surface area contributed by atoms with Crippen molar-refractivity contribution in [3.63, 3.8) is 0 Å². The van der Waals surface area contributed by atoms with Crippen LogP contribution in [0, 0.1) is 0 Å². The van der Waals surface area contributed by atoms with Gasteiger partial charge in [0.1, 0.15) is 0 Å². The summed E-state index contributed by atoms with van der Waals surface area (Å²) >= 11 is 3.58. The molecule has 2 atom stereocenters. The van der Waals surface area contributed by atoms with Crippen LogP contribution in [0.3, 0.4) is 0 Å². The number of benzene rings is 1. The van der Waals surface area contributed by atoms with E-state index in [0.717, 1.165) is 16.5 Å². The molecule has 1 aliphatic heterocycles. The third kappa shape index (κ3) is 3.61. The minimum Gasteiger partial charge on any atom is -0.326 e. The lowest BCUT2D eigenvalue weighted by Gasteiger charge is -2.38. The van der Waals surface area contributed by atoms with Crippen LogP contribution in [0.15, 0.2) is 28.7 Å². The maximum Gasteiger partial charge on any atom is 0.152 e. The minimum atomic E-state index is -2.87. The van der Waals surface area contributed by atoms with Gasteiger partial charge in [0.15, 0.2) is 9.84 Å². The van der Waals surface area contributed by atoms with Gasteiger partial charge in [0.2, 0.25) is 0 Å². The van der Waals surface area contributed by atoms with Crippen molar-refractivity contribution in [2.24, 2.45) is 5.73 Å². The lowest BCUT2D eigenvalue weighted by atomic mass is 9.96. The predicted molar refractivity (Wildman–Crippen MR) is 85.4 cm³/mol. The second kappa shape index (κ2) is 6.56. The highest BCUT2D eigenvalue weighted by molar-refractivity contribution is 9.10. The molecule has 0 aliphatic carbocycles. The zero-order valence-corrected chi connectivity index (χ0v) is 14.0. The van der Waals surface area contributed by atoms with Gasteiger partial charge >= 0.3 is 0 Å². The highest BCUT2D eigenvalue weighted by Gasteiger charge is 2.31. The number of rotatable bonds is 4. The predicted octanol–water partition coefficient (Wildman–Crippen LogP) is 1.96. The van der Waals surface area contributed by atoms with Crippen molar-refractivity contribution >= 4 is 25.8 Å². The van der Waals surface area contributed by atoms with Crippen LogP contribution in [-0.4, -0.2) is 44.0 Å². The minimum absolute atomic E-state index is 0.00509. The summed E-state index contributed by atoms with van der Waals surface area (Å²) in [7, 11) is -2.87. The summed E-state index contributed by atoms with van der Waals surface area (Å²) in [6.07, 6.45) is 0.856. The fraction of sp³-hybridized carbons (Fsp3) is 0.571. The van der Waals surface area contributed by atoms with Crippen LogP contribution in [0.25, 0.3) is 0 Å². The van der Waals surface area contributed by atoms with Gasteiger partial charge in [-0.2, -0.15) is 0 Å². The number of halogens is 1. The van der Waals surface area contributed by atoms with Crippen molar-refractivity contribution in [1.82, 2.24) is 4.90 Å². The van der Waals surface area contributed by atoms with Gasteiger partial charge in [-0.15, -0.1) is 0 Å². The molecular weight excluding hydrogens is 340 g/mol. The van der Waals surface area contributed by atoms with Crippen molar-refractivity contribution < 1.29 is 8.42 Å². The van der Waals surface area contributed by atoms with Crippen LogP contribution in [0.4, 0.5) is 0 Å². The molecule has 2 rings (SSSR count). The van der Waals surface area contributed by atoms with Crippen molar-refractivity contribution in [3.8, 4) is 0 Å². The number of nitrogens with two attached hydrogens (primary N) is 1. The van der Waals surface area contributed by atoms with E-state index in [-0.39, 0.29) is 23.6 Å². The van der Waals surface area contributed by atoms with Crippen molar-refractivity contribution in [2.45, 2.75) is 25.4 Å². The third-order valence-electron chi connectivity index (χ3n) is 3.87. The van der Waals surface area contributed by atoms with E-state index in [0.29, 0.717) is 13.1 Å². The summed E-state index contributed by atoms with van der Waals surface area (Å²) in [5.74, 6) is 0.453. The molecule has 0 amide bonds. The summed E-state index contributed by atoms with van der Waals surface area (Å²) in [5.41, 5.74) is 7.44. The molecule has 1 aliphatic rings. The molecule has 1 aromatic carbocycles. The number of sulfone groups is 1. The maximum absolute atomic E-state index is 11.6. The second-order valence-electron chi connectivity index (χ2n) is 5.23. The first-order valence-corrected chi connectivity index (χ1v) is 9.50. The summed E-state index contributed by atoms with van der Waals surface area (Å²) in [5, 5.41) is 0. The van der Waals surface area contributed by atoms with Crippen molar-refractivity contribution in [3.05, 3.63) is 34.3 Å². The Morgan fingerprint density at radius 1 is 1.30 bits per heavy atom. The number of nitrogens with zero attached hydrogens (tertiary/aromatic N) is 1. The van der Waals surface area contributed by atoms with Crippen LogP contribution in [0.5, 0.6) is 0 Å². The fourth-order valence-electron chi connectivity index (χ4n) is 2.64. The van der Waals surface area contributed by atoms with Gasteiger partial charge in [0.05, 0.1) is 17.5 Å². The molecule has 0 bridgehead atoms. The summed E-state index contributed by atoms with van der Waals surface area (Å²) < 4.78 is 24.2. The van der Waals surface area contributed by atoms with E-state index >= 15 is 0 Å². The molecule has 112 valence electrons. The molecule has 1 fully saturated rings. The molecule has 4 nitrogen and oxygen atoms in total. The zero-order valence-electron chi connectivity index (χ0n) is 11.6. The number of hydrogen-bond donors (Lipinski definition) is 1. The third-order valence-corrected chi connectivity index (χ3v) is 6.20. The Morgan fingerprint density at radius 3 is 2.45 bits per heavy atom. The smallest absolute Gasteiger partial charge is 0.152 e. The van der Waals surface area contributed by atoms with Crippen molar-refractivity contribution in [2.75, 3.05) is 24.6 Å². The maximum atomic E-state index is 11.6. The topological polar surface area (TPSA) is 63.4 Å². The van der Waals surface area contributed by atoms with Crippen molar-refractivity contribution in [1.29, 1.82) is 0 Å². The Morgan fingerprint density at radius 2 is 1.90 bits per heavy atom. The monoisotopic (exact) mass is 360 g/mol. The van der Waals surface area contributed by atoms with Gasteiger partial charge in [0, 0.05) is 23.6 Å². The van der Waals surface area contributed by atoms with E-state index in [2.05, 4.69) is 33.8 Å². The molecule has 0 saturated carbocycles. The molecule has 1 heterocycles. The largest absolute Gasteiger partial charge is 0.326 e. The lowest BCUT2D eigenvalue weighted by Crippen LogP contribution is -2.48. The average molecular weight is 361 g/mol. The first kappa shape index (κ1) is 15.9. The van der Waals surface area contributed by atoms with Crippen LogP contribution >= 0.6 is 15.9 Å². The van der Waals surface area contributed by atoms with Gasteiger partial charge in [0.25, 0.3) is 0 Å². The standard InChI is InChI=1S/C14H21BrN2O2S/c1-2-13(16)14(11-5-3-4-6-12(11)15)17-7-9-20(18,19)10-8-17/h3-6,13-14H,2,7-10,16H2,1H3. The Balaban J connectivity index is 2.28. The first-order valence-electron chi connectivity index (χ1n) is 6.89. The fourth-order valence-corrected chi connectivity index (χ4v) is 4.39. The van der Waals surface area contributed by atoms with Crippen LogP contribution in [-0.2, 0) is 9.84 Å². The summed E-state index contributed by atoms with van der Waals surface area (Å²) in [6.45, 7) is 3.18. The van der Waals surface area contributed by atoms with Gasteiger partial charge in [-0.1, -0.05) is 41.1 Å².